The number of aromatic nitrogens is 4. The van der Waals surface area contributed by atoms with Crippen molar-refractivity contribution in [2.24, 2.45) is 0 Å². The third kappa shape index (κ3) is 3.16. The highest BCUT2D eigenvalue weighted by Gasteiger charge is 2.37. The minimum atomic E-state index is -0.317. The van der Waals surface area contributed by atoms with Crippen LogP contribution in [0, 0.1) is 0 Å². The molecule has 3 aromatic heterocycles. The van der Waals surface area contributed by atoms with Crippen LogP contribution in [0.5, 0.6) is 0 Å². The molecular weight excluding hydrogens is 459 g/mol. The smallest absolute Gasteiger partial charge is 0.175 e. The molecule has 1 unspecified atom stereocenters. The van der Waals surface area contributed by atoms with E-state index in [1.807, 2.05) is 12.1 Å². The monoisotopic (exact) mass is 472 g/mol. The zero-order chi connectivity index (χ0) is 21.1. The van der Waals surface area contributed by atoms with E-state index in [9.17, 15) is 4.79 Å². The maximum atomic E-state index is 12.7. The summed E-state index contributed by atoms with van der Waals surface area (Å²) in [5, 5.41) is 15.7. The largest absolute Gasteiger partial charge is 0.453 e. The molecule has 0 saturated carbocycles. The van der Waals surface area contributed by atoms with Gasteiger partial charge in [-0.1, -0.05) is 23.2 Å². The predicted molar refractivity (Wildman–Crippen MR) is 118 cm³/mol. The zero-order valence-electron chi connectivity index (χ0n) is 15.8. The van der Waals surface area contributed by atoms with Gasteiger partial charge in [-0.2, -0.15) is 5.10 Å². The van der Waals surface area contributed by atoms with E-state index in [4.69, 9.17) is 27.6 Å². The van der Waals surface area contributed by atoms with Crippen molar-refractivity contribution in [2.75, 3.05) is 18.4 Å². The maximum Gasteiger partial charge on any atom is 0.175 e. The van der Waals surface area contributed by atoms with Crippen LogP contribution in [0.25, 0.3) is 11.0 Å². The van der Waals surface area contributed by atoms with Gasteiger partial charge in [-0.3, -0.25) is 9.89 Å². The number of aromatic amines is 2. The molecule has 0 radical (unpaired) electrons. The summed E-state index contributed by atoms with van der Waals surface area (Å²) in [5.41, 5.74) is 3.95. The van der Waals surface area contributed by atoms with Crippen molar-refractivity contribution >= 4 is 57.6 Å². The normalized spacial score (nSPS) is 18.3. The molecule has 0 bridgehead atoms. The number of nitrogens with zero attached hydrogens (tertiary/aromatic N) is 2. The van der Waals surface area contributed by atoms with Gasteiger partial charge in [-0.25, -0.2) is 4.98 Å². The Kier molecular flexibility index (Phi) is 4.39. The topological polar surface area (TPSA) is 112 Å². The minimum Gasteiger partial charge on any atom is -0.453 e. The van der Waals surface area contributed by atoms with Crippen LogP contribution in [0.2, 0.25) is 10.0 Å². The van der Waals surface area contributed by atoms with Gasteiger partial charge in [-0.15, -0.1) is 0 Å². The van der Waals surface area contributed by atoms with Crippen LogP contribution in [-0.2, 0) is 4.79 Å². The molecule has 1 atom stereocenters. The molecule has 6 rings (SSSR count). The number of rotatable bonds is 3. The number of furan rings is 1. The van der Waals surface area contributed by atoms with Crippen LogP contribution < -0.4 is 10.6 Å². The van der Waals surface area contributed by atoms with Crippen LogP contribution in [0.3, 0.4) is 0 Å². The lowest BCUT2D eigenvalue weighted by atomic mass is 9.82. The molecule has 2 aliphatic rings. The van der Waals surface area contributed by atoms with Crippen molar-refractivity contribution in [1.82, 2.24) is 25.5 Å². The van der Waals surface area contributed by atoms with Crippen LogP contribution in [0.15, 0.2) is 56.4 Å². The number of hydrogen-bond acceptors (Lipinski definition) is 7. The molecule has 11 heteroatoms. The lowest BCUT2D eigenvalue weighted by molar-refractivity contribution is -0.115. The number of H-pyrrole nitrogens is 2. The van der Waals surface area contributed by atoms with Crippen molar-refractivity contribution in [2.45, 2.75) is 16.2 Å². The second-order valence-electron chi connectivity index (χ2n) is 7.26. The standard InChI is InChI=1S/C20H14Cl2N6O2S/c21-9-3-11-12(4-10(9)22)27-20(26-11)31-16-2-1-15(30-16)17-8-5-24-28-19(8)25-13-6-23-7-14(29)18(13)17/h1-5,17,23H,6-7H2,(H,26,27)(H2,24,25,28). The van der Waals surface area contributed by atoms with Crippen LogP contribution in [0.4, 0.5) is 5.82 Å². The van der Waals surface area contributed by atoms with Crippen molar-refractivity contribution < 1.29 is 9.21 Å². The third-order valence-electron chi connectivity index (χ3n) is 5.34. The molecule has 0 fully saturated rings. The Balaban J connectivity index is 1.35. The van der Waals surface area contributed by atoms with Crippen molar-refractivity contribution in [1.29, 1.82) is 0 Å². The number of carbonyl (C=O) groups excluding carboxylic acids is 1. The van der Waals surface area contributed by atoms with Gasteiger partial charge < -0.3 is 20.0 Å². The van der Waals surface area contributed by atoms with Gasteiger partial charge in [0.25, 0.3) is 0 Å². The first-order valence-corrected chi connectivity index (χ1v) is 11.0. The first-order valence-electron chi connectivity index (χ1n) is 9.46. The molecule has 5 heterocycles. The van der Waals surface area contributed by atoms with Gasteiger partial charge in [0.2, 0.25) is 0 Å². The van der Waals surface area contributed by atoms with E-state index < -0.39 is 0 Å². The number of hydrogen-bond donors (Lipinski definition) is 4. The Morgan fingerprint density at radius 2 is 2.03 bits per heavy atom. The van der Waals surface area contributed by atoms with Crippen molar-refractivity contribution in [3.63, 3.8) is 0 Å². The number of nitrogens with one attached hydrogen (secondary N) is 4. The Morgan fingerprint density at radius 1 is 1.16 bits per heavy atom. The second-order valence-corrected chi connectivity index (χ2v) is 9.07. The number of Topliss-reactive ketones (excluding diaryl/α,β-unsaturated/α-hetero) is 1. The van der Waals surface area contributed by atoms with E-state index in [1.54, 1.807) is 18.3 Å². The summed E-state index contributed by atoms with van der Waals surface area (Å²) in [6, 6.07) is 7.24. The molecule has 0 spiro atoms. The van der Waals surface area contributed by atoms with Gasteiger partial charge >= 0.3 is 0 Å². The number of halogens is 2. The quantitative estimate of drug-likeness (QED) is 0.351. The van der Waals surface area contributed by atoms with Gasteiger partial charge in [0.05, 0.1) is 39.7 Å². The van der Waals surface area contributed by atoms with E-state index in [0.29, 0.717) is 44.7 Å². The number of imidazole rings is 1. The SMILES string of the molecule is O=C1CNCC2=C1C(c1ccc(Sc3nc4cc(Cl)c(Cl)cc4[nH]3)o1)c1cn[nH]c1N2. The average Bonchev–Trinajstić information content (AvgIpc) is 3.47. The highest BCUT2D eigenvalue weighted by atomic mass is 35.5. The number of benzene rings is 1. The first-order chi connectivity index (χ1) is 15.1. The first kappa shape index (κ1) is 19.0. The summed E-state index contributed by atoms with van der Waals surface area (Å²) in [5.74, 6) is 1.18. The number of fused-ring (bicyclic) bond motifs is 2. The third-order valence-corrected chi connectivity index (χ3v) is 6.87. The molecule has 2 aliphatic heterocycles. The van der Waals surface area contributed by atoms with Gasteiger partial charge in [-0.05, 0) is 36.0 Å². The summed E-state index contributed by atoms with van der Waals surface area (Å²) >= 11 is 13.5. The summed E-state index contributed by atoms with van der Waals surface area (Å²) in [4.78, 5) is 20.5. The molecule has 1 aromatic carbocycles. The highest BCUT2D eigenvalue weighted by molar-refractivity contribution is 7.99. The Morgan fingerprint density at radius 3 is 2.94 bits per heavy atom. The molecule has 156 valence electrons. The number of anilines is 1. The maximum absolute atomic E-state index is 12.7. The molecule has 8 nitrogen and oxygen atoms in total. The van der Waals surface area contributed by atoms with Crippen molar-refractivity contribution in [3.8, 4) is 0 Å². The van der Waals surface area contributed by atoms with Crippen LogP contribution in [0.1, 0.15) is 17.2 Å². The molecule has 0 aliphatic carbocycles. The van der Waals surface area contributed by atoms with Gasteiger partial charge in [0, 0.05) is 23.4 Å². The summed E-state index contributed by atoms with van der Waals surface area (Å²) in [7, 11) is 0. The molecule has 4 N–H and O–H groups in total. The highest BCUT2D eigenvalue weighted by Crippen LogP contribution is 2.43. The Bertz CT molecular complexity index is 1350. The molecule has 0 saturated heterocycles. The van der Waals surface area contributed by atoms with Crippen LogP contribution in [-0.4, -0.2) is 39.0 Å². The van der Waals surface area contributed by atoms with Gasteiger partial charge in [0.15, 0.2) is 16.0 Å². The predicted octanol–water partition coefficient (Wildman–Crippen LogP) is 4.32. The fraction of sp³-hybridized carbons (Fsp3) is 0.150. The Labute approximate surface area is 189 Å². The molecule has 31 heavy (non-hydrogen) atoms. The lowest BCUT2D eigenvalue weighted by Crippen LogP contribution is -2.39. The Hall–Kier alpha value is -2.72. The van der Waals surface area contributed by atoms with Gasteiger partial charge in [0.1, 0.15) is 11.6 Å². The minimum absolute atomic E-state index is 0.0437. The second kappa shape index (κ2) is 7.16. The summed E-state index contributed by atoms with van der Waals surface area (Å²) in [6.45, 7) is 0.888. The number of carbonyl (C=O) groups is 1. The summed E-state index contributed by atoms with van der Waals surface area (Å²) < 4.78 is 6.17. The van der Waals surface area contributed by atoms with E-state index >= 15 is 0 Å². The fourth-order valence-corrected chi connectivity index (χ4v) is 5.08. The van der Waals surface area contributed by atoms with E-state index in [-0.39, 0.29) is 11.7 Å². The van der Waals surface area contributed by atoms with Crippen molar-refractivity contribution in [3.05, 3.63) is 63.1 Å². The molecule has 4 aromatic rings. The summed E-state index contributed by atoms with van der Waals surface area (Å²) in [6.07, 6.45) is 1.73. The van der Waals surface area contributed by atoms with E-state index in [2.05, 4.69) is 30.8 Å². The average molecular weight is 473 g/mol. The molecule has 0 amide bonds. The van der Waals surface area contributed by atoms with E-state index in [0.717, 1.165) is 28.1 Å². The number of ketones is 1. The van der Waals surface area contributed by atoms with E-state index in [1.165, 1.54) is 11.8 Å². The fourth-order valence-electron chi connectivity index (χ4n) is 3.99. The zero-order valence-corrected chi connectivity index (χ0v) is 18.1. The lowest BCUT2D eigenvalue weighted by Gasteiger charge is -2.30. The van der Waals surface area contributed by atoms with Crippen LogP contribution >= 0.6 is 35.0 Å². The molecular formula is C20H14Cl2N6O2S.